The van der Waals surface area contributed by atoms with Crippen molar-refractivity contribution in [3.05, 3.63) is 89.7 Å². The second-order valence-electron chi connectivity index (χ2n) is 8.81. The molecule has 4 aromatic rings. The zero-order chi connectivity index (χ0) is 22.9. The number of nitrogens with zero attached hydrogens (tertiary/aromatic N) is 2. The van der Waals surface area contributed by atoms with Gasteiger partial charge in [-0.1, -0.05) is 51.1 Å². The Balaban J connectivity index is 1.55. The van der Waals surface area contributed by atoms with Crippen LogP contribution in [0.2, 0.25) is 0 Å². The monoisotopic (exact) mass is 427 g/mol. The van der Waals surface area contributed by atoms with Gasteiger partial charge in [0.15, 0.2) is 0 Å². The minimum Gasteiger partial charge on any atom is -0.478 e. The first kappa shape index (κ1) is 21.3. The van der Waals surface area contributed by atoms with Crippen molar-refractivity contribution >= 4 is 28.6 Å². The van der Waals surface area contributed by atoms with E-state index in [-0.39, 0.29) is 23.3 Å². The number of carboxylic acid groups (broad SMARTS) is 1. The summed E-state index contributed by atoms with van der Waals surface area (Å²) in [7, 11) is 0. The van der Waals surface area contributed by atoms with Gasteiger partial charge in [0.05, 0.1) is 23.2 Å². The highest BCUT2D eigenvalue weighted by Crippen LogP contribution is 2.27. The van der Waals surface area contributed by atoms with Crippen LogP contribution in [-0.4, -0.2) is 26.5 Å². The van der Waals surface area contributed by atoms with E-state index < -0.39 is 5.97 Å². The highest BCUT2D eigenvalue weighted by atomic mass is 16.4. The summed E-state index contributed by atoms with van der Waals surface area (Å²) in [5.41, 5.74) is 5.53. The SMILES string of the molecule is CC(C)(C)c1ccc(-n2cnc3c(NC(=O)Cc4ccc(C(=O)O)cc4)cccc32)cc1. The normalized spacial score (nSPS) is 11.5. The van der Waals surface area contributed by atoms with E-state index in [1.165, 1.54) is 17.7 Å². The average molecular weight is 428 g/mol. The maximum Gasteiger partial charge on any atom is 0.335 e. The van der Waals surface area contributed by atoms with E-state index in [2.05, 4.69) is 55.3 Å². The first-order valence-electron chi connectivity index (χ1n) is 10.4. The number of carbonyl (C=O) groups excluding carboxylic acids is 1. The van der Waals surface area contributed by atoms with Crippen LogP contribution in [0.15, 0.2) is 73.1 Å². The number of anilines is 1. The maximum atomic E-state index is 12.6. The average Bonchev–Trinajstić information content (AvgIpc) is 3.19. The quantitative estimate of drug-likeness (QED) is 0.458. The molecule has 0 bridgehead atoms. The van der Waals surface area contributed by atoms with E-state index in [0.717, 1.165) is 16.8 Å². The van der Waals surface area contributed by atoms with Crippen LogP contribution < -0.4 is 5.32 Å². The molecule has 0 saturated heterocycles. The van der Waals surface area contributed by atoms with Gasteiger partial charge in [0.2, 0.25) is 5.91 Å². The van der Waals surface area contributed by atoms with Crippen LogP contribution in [0.1, 0.15) is 42.3 Å². The largest absolute Gasteiger partial charge is 0.478 e. The predicted octanol–water partition coefficient (Wildman–Crippen LogP) is 5.20. The van der Waals surface area contributed by atoms with E-state index in [1.807, 2.05) is 22.8 Å². The third-order valence-electron chi connectivity index (χ3n) is 5.43. The molecule has 1 aromatic heterocycles. The molecule has 6 heteroatoms. The van der Waals surface area contributed by atoms with Crippen LogP contribution >= 0.6 is 0 Å². The number of imidazole rings is 1. The van der Waals surface area contributed by atoms with Gasteiger partial charge in [-0.2, -0.15) is 0 Å². The molecule has 0 atom stereocenters. The van der Waals surface area contributed by atoms with Crippen LogP contribution in [0.5, 0.6) is 0 Å². The molecule has 0 saturated carbocycles. The fourth-order valence-electron chi connectivity index (χ4n) is 3.61. The fraction of sp³-hybridized carbons (Fsp3) is 0.192. The molecule has 1 amide bonds. The Labute approximate surface area is 186 Å². The molecule has 0 aliphatic rings. The smallest absolute Gasteiger partial charge is 0.335 e. The Kier molecular flexibility index (Phi) is 5.53. The predicted molar refractivity (Wildman–Crippen MR) is 126 cm³/mol. The third kappa shape index (κ3) is 4.39. The van der Waals surface area contributed by atoms with Crippen molar-refractivity contribution in [3.8, 4) is 5.69 Å². The number of benzene rings is 3. The Hall–Kier alpha value is -3.93. The van der Waals surface area contributed by atoms with Gasteiger partial charge in [-0.05, 0) is 52.9 Å². The summed E-state index contributed by atoms with van der Waals surface area (Å²) in [6, 6.07) is 20.4. The molecule has 4 rings (SSSR count). The molecule has 32 heavy (non-hydrogen) atoms. The van der Waals surface area contributed by atoms with E-state index in [1.54, 1.807) is 18.5 Å². The van der Waals surface area contributed by atoms with Gasteiger partial charge in [-0.25, -0.2) is 9.78 Å². The van der Waals surface area contributed by atoms with Gasteiger partial charge in [0, 0.05) is 5.69 Å². The zero-order valence-corrected chi connectivity index (χ0v) is 18.3. The van der Waals surface area contributed by atoms with E-state index in [0.29, 0.717) is 11.2 Å². The molecular weight excluding hydrogens is 402 g/mol. The molecule has 0 unspecified atom stereocenters. The Morgan fingerprint density at radius 3 is 2.28 bits per heavy atom. The summed E-state index contributed by atoms with van der Waals surface area (Å²) in [4.78, 5) is 28.1. The van der Waals surface area contributed by atoms with Gasteiger partial charge in [0.25, 0.3) is 0 Å². The van der Waals surface area contributed by atoms with Crippen molar-refractivity contribution in [3.63, 3.8) is 0 Å². The van der Waals surface area contributed by atoms with Gasteiger partial charge >= 0.3 is 5.97 Å². The molecule has 3 aromatic carbocycles. The van der Waals surface area contributed by atoms with E-state index >= 15 is 0 Å². The number of aromatic nitrogens is 2. The summed E-state index contributed by atoms with van der Waals surface area (Å²) in [6.07, 6.45) is 1.91. The number of rotatable bonds is 5. The van der Waals surface area contributed by atoms with Crippen LogP contribution in [0, 0.1) is 0 Å². The molecule has 0 aliphatic heterocycles. The van der Waals surface area contributed by atoms with Gasteiger partial charge in [0.1, 0.15) is 11.8 Å². The second-order valence-corrected chi connectivity index (χ2v) is 8.81. The van der Waals surface area contributed by atoms with Crippen LogP contribution in [0.3, 0.4) is 0 Å². The summed E-state index contributed by atoms with van der Waals surface area (Å²) in [5, 5.41) is 11.9. The number of carbonyl (C=O) groups is 2. The molecule has 2 N–H and O–H groups in total. The number of hydrogen-bond acceptors (Lipinski definition) is 3. The molecule has 0 spiro atoms. The number of amides is 1. The summed E-state index contributed by atoms with van der Waals surface area (Å²) < 4.78 is 2.00. The lowest BCUT2D eigenvalue weighted by atomic mass is 9.87. The standard InChI is InChI=1S/C26H25N3O3/c1-26(2,3)19-11-13-20(14-12-19)29-16-27-24-21(5-4-6-22(24)29)28-23(30)15-17-7-9-18(10-8-17)25(31)32/h4-14,16H,15H2,1-3H3,(H,28,30)(H,31,32). The molecule has 0 aliphatic carbocycles. The molecule has 1 heterocycles. The van der Waals surface area contributed by atoms with Gasteiger partial charge < -0.3 is 10.4 Å². The van der Waals surface area contributed by atoms with Crippen LogP contribution in [-0.2, 0) is 16.6 Å². The minimum atomic E-state index is -0.990. The lowest BCUT2D eigenvalue weighted by Crippen LogP contribution is -2.14. The number of fused-ring (bicyclic) bond motifs is 1. The number of carboxylic acids is 1. The summed E-state index contributed by atoms with van der Waals surface area (Å²) in [5.74, 6) is -1.18. The number of para-hydroxylation sites is 1. The molecule has 162 valence electrons. The van der Waals surface area contributed by atoms with Gasteiger partial charge in [-0.3, -0.25) is 9.36 Å². The topological polar surface area (TPSA) is 84.2 Å². The zero-order valence-electron chi connectivity index (χ0n) is 18.3. The van der Waals surface area contributed by atoms with Crippen molar-refractivity contribution in [2.75, 3.05) is 5.32 Å². The van der Waals surface area contributed by atoms with Crippen LogP contribution in [0.25, 0.3) is 16.7 Å². The van der Waals surface area contributed by atoms with E-state index in [9.17, 15) is 9.59 Å². The second kappa shape index (κ2) is 8.30. The summed E-state index contributed by atoms with van der Waals surface area (Å²) in [6.45, 7) is 6.55. The Bertz CT molecular complexity index is 1280. The summed E-state index contributed by atoms with van der Waals surface area (Å²) >= 11 is 0. The molecule has 0 fully saturated rings. The number of nitrogens with one attached hydrogen (secondary N) is 1. The third-order valence-corrected chi connectivity index (χ3v) is 5.43. The van der Waals surface area contributed by atoms with Crippen molar-refractivity contribution < 1.29 is 14.7 Å². The maximum absolute atomic E-state index is 12.6. The molecule has 6 nitrogen and oxygen atoms in total. The number of aromatic carboxylic acids is 1. The van der Waals surface area contributed by atoms with Crippen molar-refractivity contribution in [1.29, 1.82) is 0 Å². The Morgan fingerprint density at radius 1 is 0.969 bits per heavy atom. The highest BCUT2D eigenvalue weighted by molar-refractivity contribution is 6.00. The van der Waals surface area contributed by atoms with Crippen molar-refractivity contribution in [1.82, 2.24) is 9.55 Å². The lowest BCUT2D eigenvalue weighted by molar-refractivity contribution is -0.115. The number of hydrogen-bond donors (Lipinski definition) is 2. The first-order valence-corrected chi connectivity index (χ1v) is 10.4. The first-order chi connectivity index (χ1) is 15.2. The van der Waals surface area contributed by atoms with E-state index in [4.69, 9.17) is 5.11 Å². The van der Waals surface area contributed by atoms with Crippen molar-refractivity contribution in [2.24, 2.45) is 0 Å². The van der Waals surface area contributed by atoms with Crippen LogP contribution in [0.4, 0.5) is 5.69 Å². The molecular formula is C26H25N3O3. The highest BCUT2D eigenvalue weighted by Gasteiger charge is 2.15. The molecule has 0 radical (unpaired) electrons. The minimum absolute atomic E-state index is 0.0843. The lowest BCUT2D eigenvalue weighted by Gasteiger charge is -2.19. The van der Waals surface area contributed by atoms with Crippen molar-refractivity contribution in [2.45, 2.75) is 32.6 Å². The van der Waals surface area contributed by atoms with Gasteiger partial charge in [-0.15, -0.1) is 0 Å². The fourth-order valence-corrected chi connectivity index (χ4v) is 3.61. The Morgan fingerprint density at radius 2 is 1.66 bits per heavy atom.